The number of aromatic nitrogens is 3. The van der Waals surface area contributed by atoms with Gasteiger partial charge in [-0.15, -0.1) is 0 Å². The first-order valence-electron chi connectivity index (χ1n) is 8.90. The number of fused-ring (bicyclic) bond motifs is 1. The molecule has 1 aliphatic rings. The summed E-state index contributed by atoms with van der Waals surface area (Å²) in [5.41, 5.74) is 1.00. The Labute approximate surface area is 158 Å². The van der Waals surface area contributed by atoms with Gasteiger partial charge in [0, 0.05) is 17.3 Å². The lowest BCUT2D eigenvalue weighted by atomic mass is 9.78. The fourth-order valence-corrected chi connectivity index (χ4v) is 3.34. The van der Waals surface area contributed by atoms with Crippen LogP contribution in [0.2, 0.25) is 0 Å². The van der Waals surface area contributed by atoms with Gasteiger partial charge in [-0.25, -0.2) is 19.7 Å². The zero-order valence-electron chi connectivity index (χ0n) is 16.9. The molecule has 6 nitrogen and oxygen atoms in total. The Morgan fingerprint density at radius 1 is 1.15 bits per heavy atom. The molecule has 2 aromatic rings. The molecule has 144 valence electrons. The Morgan fingerprint density at radius 3 is 2.42 bits per heavy atom. The lowest BCUT2D eigenvalue weighted by molar-refractivity contribution is 0.00578. The number of rotatable bonds is 6. The van der Waals surface area contributed by atoms with Gasteiger partial charge in [0.05, 0.1) is 24.0 Å². The number of ether oxygens (including phenoxy) is 1. The van der Waals surface area contributed by atoms with E-state index in [1.807, 2.05) is 12.3 Å². The minimum Gasteiger partial charge on any atom is -0.399 e. The fraction of sp³-hybridized carbons (Fsp3) is 0.667. The van der Waals surface area contributed by atoms with Crippen molar-refractivity contribution in [2.45, 2.75) is 45.6 Å². The SMILES string of the molecule is CC1(C)OB(c2ccnc3c2cnn3COCCS(C)(C)C)OC1(C)C. The average Bonchev–Trinajstić information content (AvgIpc) is 3.01. The molecule has 1 saturated heterocycles. The van der Waals surface area contributed by atoms with E-state index in [0.29, 0.717) is 6.73 Å². The van der Waals surface area contributed by atoms with Crippen molar-refractivity contribution in [1.29, 1.82) is 0 Å². The third-order valence-electron chi connectivity index (χ3n) is 5.13. The number of nitrogens with zero attached hydrogens (tertiary/aromatic N) is 3. The van der Waals surface area contributed by atoms with E-state index in [1.54, 1.807) is 10.9 Å². The van der Waals surface area contributed by atoms with Gasteiger partial charge in [-0.3, -0.25) is 0 Å². The molecule has 8 heteroatoms. The predicted octanol–water partition coefficient (Wildman–Crippen LogP) is 2.40. The van der Waals surface area contributed by atoms with E-state index in [0.717, 1.165) is 28.9 Å². The van der Waals surface area contributed by atoms with Crippen LogP contribution in [0, 0.1) is 0 Å². The van der Waals surface area contributed by atoms with E-state index >= 15 is 0 Å². The van der Waals surface area contributed by atoms with Gasteiger partial charge in [0.1, 0.15) is 6.73 Å². The summed E-state index contributed by atoms with van der Waals surface area (Å²) >= 11 is 0. The molecule has 0 amide bonds. The van der Waals surface area contributed by atoms with Crippen molar-refractivity contribution in [2.24, 2.45) is 0 Å². The normalized spacial score (nSPS) is 20.0. The summed E-state index contributed by atoms with van der Waals surface area (Å²) in [6.07, 6.45) is 10.5. The van der Waals surface area contributed by atoms with Gasteiger partial charge in [-0.05, 0) is 58.0 Å². The molecule has 0 bridgehead atoms. The smallest absolute Gasteiger partial charge is 0.399 e. The van der Waals surface area contributed by atoms with Crippen LogP contribution in [0.3, 0.4) is 0 Å². The van der Waals surface area contributed by atoms with Gasteiger partial charge in [0.15, 0.2) is 5.65 Å². The summed E-state index contributed by atoms with van der Waals surface area (Å²) in [4.78, 5) is 4.49. The van der Waals surface area contributed by atoms with Crippen LogP contribution in [0.1, 0.15) is 27.7 Å². The van der Waals surface area contributed by atoms with Crippen molar-refractivity contribution >= 4 is 33.6 Å². The fourth-order valence-electron chi connectivity index (χ4n) is 2.73. The second-order valence-electron chi connectivity index (χ2n) is 8.70. The molecule has 3 heterocycles. The zero-order chi connectivity index (χ0) is 19.2. The maximum Gasteiger partial charge on any atom is 0.495 e. The Balaban J connectivity index is 1.77. The van der Waals surface area contributed by atoms with Crippen molar-refractivity contribution in [3.8, 4) is 0 Å². The first-order chi connectivity index (χ1) is 12.0. The molecule has 3 rings (SSSR count). The Morgan fingerprint density at radius 2 is 1.81 bits per heavy atom. The van der Waals surface area contributed by atoms with Gasteiger partial charge < -0.3 is 14.0 Å². The average molecular weight is 379 g/mol. The van der Waals surface area contributed by atoms with Crippen molar-refractivity contribution in [3.63, 3.8) is 0 Å². The van der Waals surface area contributed by atoms with Crippen molar-refractivity contribution in [2.75, 3.05) is 31.1 Å². The van der Waals surface area contributed by atoms with E-state index in [4.69, 9.17) is 14.0 Å². The van der Waals surface area contributed by atoms with E-state index in [9.17, 15) is 0 Å². The van der Waals surface area contributed by atoms with Crippen LogP contribution >= 0.6 is 10.0 Å². The molecule has 0 atom stereocenters. The third-order valence-corrected chi connectivity index (χ3v) is 6.53. The van der Waals surface area contributed by atoms with Crippen LogP contribution in [0.4, 0.5) is 0 Å². The lowest BCUT2D eigenvalue weighted by Gasteiger charge is -2.32. The molecule has 0 saturated carbocycles. The van der Waals surface area contributed by atoms with Gasteiger partial charge in [0.25, 0.3) is 0 Å². The number of hydrogen-bond acceptors (Lipinski definition) is 5. The summed E-state index contributed by atoms with van der Waals surface area (Å²) < 4.78 is 20.0. The minimum atomic E-state index is -0.551. The highest BCUT2D eigenvalue weighted by Gasteiger charge is 2.52. The van der Waals surface area contributed by atoms with Gasteiger partial charge in [-0.2, -0.15) is 5.10 Å². The second-order valence-corrected chi connectivity index (χ2v) is 13.3. The molecule has 1 fully saturated rings. The Bertz CT molecular complexity index is 770. The summed E-state index contributed by atoms with van der Waals surface area (Å²) in [6.45, 7) is 9.36. The molecular weight excluding hydrogens is 349 g/mol. The third kappa shape index (κ3) is 3.93. The Hall–Kier alpha value is -1.09. The molecule has 1 aliphatic heterocycles. The molecule has 26 heavy (non-hydrogen) atoms. The van der Waals surface area contributed by atoms with Crippen molar-refractivity contribution < 1.29 is 14.0 Å². The van der Waals surface area contributed by atoms with Gasteiger partial charge in [0.2, 0.25) is 0 Å². The van der Waals surface area contributed by atoms with Gasteiger partial charge >= 0.3 is 7.12 Å². The van der Waals surface area contributed by atoms with Crippen LogP contribution in [0.25, 0.3) is 11.0 Å². The van der Waals surface area contributed by atoms with Crippen LogP contribution in [-0.2, 0) is 20.8 Å². The molecule has 0 N–H and O–H groups in total. The number of pyridine rings is 1. The van der Waals surface area contributed by atoms with E-state index in [1.165, 1.54) is 0 Å². The first kappa shape index (κ1) is 19.7. The largest absolute Gasteiger partial charge is 0.495 e. The predicted molar refractivity (Wildman–Crippen MR) is 109 cm³/mol. The molecule has 2 aromatic heterocycles. The highest BCUT2D eigenvalue weighted by molar-refractivity contribution is 8.32. The molecule has 0 unspecified atom stereocenters. The topological polar surface area (TPSA) is 58.4 Å². The van der Waals surface area contributed by atoms with Gasteiger partial charge in [-0.1, -0.05) is 0 Å². The molecule has 0 aliphatic carbocycles. The second kappa shape index (κ2) is 6.82. The zero-order valence-corrected chi connectivity index (χ0v) is 17.7. The minimum absolute atomic E-state index is 0.373. The monoisotopic (exact) mass is 379 g/mol. The summed E-state index contributed by atoms with van der Waals surface area (Å²) in [6, 6.07) is 1.94. The van der Waals surface area contributed by atoms with E-state index < -0.39 is 17.1 Å². The highest BCUT2D eigenvalue weighted by atomic mass is 32.3. The van der Waals surface area contributed by atoms with Crippen LogP contribution in [0.15, 0.2) is 18.5 Å². The van der Waals surface area contributed by atoms with Crippen molar-refractivity contribution in [1.82, 2.24) is 14.8 Å². The van der Waals surface area contributed by atoms with Crippen molar-refractivity contribution in [3.05, 3.63) is 18.5 Å². The first-order valence-corrected chi connectivity index (χ1v) is 11.9. The summed E-state index contributed by atoms with van der Waals surface area (Å²) in [5.74, 6) is 1.08. The molecule has 0 aromatic carbocycles. The maximum absolute atomic E-state index is 6.19. The summed E-state index contributed by atoms with van der Waals surface area (Å²) in [5, 5.41) is 5.40. The summed E-state index contributed by atoms with van der Waals surface area (Å²) in [7, 11) is -0.974. The van der Waals surface area contributed by atoms with E-state index in [2.05, 4.69) is 56.5 Å². The van der Waals surface area contributed by atoms with Crippen LogP contribution < -0.4 is 5.46 Å². The quantitative estimate of drug-likeness (QED) is 0.570. The Kier molecular flexibility index (Phi) is 5.16. The lowest BCUT2D eigenvalue weighted by Crippen LogP contribution is -2.41. The highest BCUT2D eigenvalue weighted by Crippen LogP contribution is 2.37. The maximum atomic E-state index is 6.19. The standard InChI is InChI=1S/C18H30BN3O3S/c1-17(2)18(3,4)25-19(24-17)15-8-9-20-16-14(15)12-21-22(16)13-23-10-11-26(5,6)7/h8-9,12H,10-11,13H2,1-7H3. The van der Waals surface area contributed by atoms with E-state index in [-0.39, 0.29) is 11.2 Å². The number of hydrogen-bond donors (Lipinski definition) is 0. The molecular formula is C18H30BN3O3S. The van der Waals surface area contributed by atoms with Crippen LogP contribution in [0.5, 0.6) is 0 Å². The molecule has 0 radical (unpaired) electrons. The molecule has 0 spiro atoms. The van der Waals surface area contributed by atoms with Crippen LogP contribution in [-0.4, -0.2) is 64.2 Å².